The van der Waals surface area contributed by atoms with Crippen molar-refractivity contribution in [1.82, 2.24) is 10.5 Å². The number of thiophene rings is 1. The normalized spacial score (nSPS) is 13.6. The standard InChI is InChI=1S/C12H10N4O2S/c13-5-8-7-1-3-14-6-10(7)19-12(8)16-11(17)9-2-4-15-18-9/h2,4,14H,1,3,6H2,(H,16,17). The van der Waals surface area contributed by atoms with Crippen molar-refractivity contribution in [2.45, 2.75) is 13.0 Å². The van der Waals surface area contributed by atoms with Crippen LogP contribution in [-0.4, -0.2) is 17.6 Å². The van der Waals surface area contributed by atoms with Gasteiger partial charge in [-0.1, -0.05) is 5.16 Å². The molecule has 0 saturated carbocycles. The van der Waals surface area contributed by atoms with Crippen LogP contribution in [0.5, 0.6) is 0 Å². The second-order valence-electron chi connectivity index (χ2n) is 4.08. The lowest BCUT2D eigenvalue weighted by Crippen LogP contribution is -2.22. The quantitative estimate of drug-likeness (QED) is 0.866. The third kappa shape index (κ3) is 2.12. The molecule has 0 aliphatic carbocycles. The van der Waals surface area contributed by atoms with E-state index in [0.717, 1.165) is 30.0 Å². The number of nitriles is 1. The number of anilines is 1. The first kappa shape index (κ1) is 11.9. The molecule has 3 rings (SSSR count). The highest BCUT2D eigenvalue weighted by Crippen LogP contribution is 2.34. The van der Waals surface area contributed by atoms with Crippen LogP contribution in [0.25, 0.3) is 0 Å². The van der Waals surface area contributed by atoms with Gasteiger partial charge in [0, 0.05) is 17.5 Å². The zero-order valence-electron chi connectivity index (χ0n) is 9.90. The summed E-state index contributed by atoms with van der Waals surface area (Å²) in [5.41, 5.74) is 1.61. The predicted octanol–water partition coefficient (Wildman–Crippen LogP) is 1.51. The van der Waals surface area contributed by atoms with E-state index in [4.69, 9.17) is 4.52 Å². The number of fused-ring (bicyclic) bond motifs is 1. The third-order valence-electron chi connectivity index (χ3n) is 2.93. The molecular weight excluding hydrogens is 264 g/mol. The first-order valence-corrected chi connectivity index (χ1v) is 6.58. The summed E-state index contributed by atoms with van der Waals surface area (Å²) in [5.74, 6) is -0.256. The van der Waals surface area contributed by atoms with Gasteiger partial charge in [-0.2, -0.15) is 5.26 Å². The first-order valence-electron chi connectivity index (χ1n) is 5.77. The summed E-state index contributed by atoms with van der Waals surface area (Å²) < 4.78 is 4.79. The molecule has 0 bridgehead atoms. The fourth-order valence-corrected chi connectivity index (χ4v) is 3.20. The molecule has 0 aromatic carbocycles. The van der Waals surface area contributed by atoms with E-state index >= 15 is 0 Å². The zero-order chi connectivity index (χ0) is 13.2. The minimum absolute atomic E-state index is 0.133. The van der Waals surface area contributed by atoms with E-state index in [1.54, 1.807) is 0 Å². The van der Waals surface area contributed by atoms with Crippen LogP contribution in [0.2, 0.25) is 0 Å². The molecule has 0 unspecified atom stereocenters. The Kier molecular flexibility index (Phi) is 3.03. The van der Waals surface area contributed by atoms with Gasteiger partial charge in [-0.25, -0.2) is 0 Å². The molecule has 0 fully saturated rings. The van der Waals surface area contributed by atoms with Crippen molar-refractivity contribution in [2.24, 2.45) is 0 Å². The molecule has 19 heavy (non-hydrogen) atoms. The molecule has 2 aromatic rings. The van der Waals surface area contributed by atoms with Crippen LogP contribution in [0.3, 0.4) is 0 Å². The van der Waals surface area contributed by atoms with Gasteiger partial charge in [0.05, 0.1) is 11.8 Å². The predicted molar refractivity (Wildman–Crippen MR) is 68.9 cm³/mol. The number of hydrogen-bond acceptors (Lipinski definition) is 6. The summed E-state index contributed by atoms with van der Waals surface area (Å²) in [6.45, 7) is 1.60. The van der Waals surface area contributed by atoms with Gasteiger partial charge in [0.2, 0.25) is 5.76 Å². The van der Waals surface area contributed by atoms with Crippen molar-refractivity contribution in [1.29, 1.82) is 5.26 Å². The van der Waals surface area contributed by atoms with Gasteiger partial charge in [0.15, 0.2) is 0 Å². The van der Waals surface area contributed by atoms with Crippen LogP contribution in [-0.2, 0) is 13.0 Å². The van der Waals surface area contributed by atoms with Crippen molar-refractivity contribution >= 4 is 22.2 Å². The molecule has 7 heteroatoms. The number of carbonyl (C=O) groups excluding carboxylic acids is 1. The molecule has 96 valence electrons. The van der Waals surface area contributed by atoms with Gasteiger partial charge in [-0.05, 0) is 18.5 Å². The van der Waals surface area contributed by atoms with Crippen LogP contribution in [0.15, 0.2) is 16.8 Å². The zero-order valence-corrected chi connectivity index (χ0v) is 10.7. The first-order chi connectivity index (χ1) is 9.29. The smallest absolute Gasteiger partial charge is 0.294 e. The van der Waals surface area contributed by atoms with Gasteiger partial charge in [-0.3, -0.25) is 4.79 Å². The maximum Gasteiger partial charge on any atom is 0.294 e. The van der Waals surface area contributed by atoms with E-state index in [1.165, 1.54) is 23.6 Å². The highest BCUT2D eigenvalue weighted by molar-refractivity contribution is 7.16. The van der Waals surface area contributed by atoms with Crippen molar-refractivity contribution in [3.05, 3.63) is 34.0 Å². The number of nitrogens with one attached hydrogen (secondary N) is 2. The van der Waals surface area contributed by atoms with Crippen LogP contribution in [0.1, 0.15) is 26.6 Å². The summed E-state index contributed by atoms with van der Waals surface area (Å²) in [6, 6.07) is 3.66. The third-order valence-corrected chi connectivity index (χ3v) is 4.08. The lowest BCUT2D eigenvalue weighted by Gasteiger charge is -2.11. The molecule has 2 N–H and O–H groups in total. The number of nitrogens with zero attached hydrogens (tertiary/aromatic N) is 2. The maximum atomic E-state index is 11.9. The molecule has 1 aliphatic heterocycles. The Balaban J connectivity index is 1.91. The number of rotatable bonds is 2. The number of carbonyl (C=O) groups is 1. The molecular formula is C12H10N4O2S. The molecule has 0 atom stereocenters. The van der Waals surface area contributed by atoms with E-state index in [1.807, 2.05) is 0 Å². The Labute approximate surface area is 113 Å². The maximum absolute atomic E-state index is 11.9. The van der Waals surface area contributed by atoms with Gasteiger partial charge >= 0.3 is 0 Å². The summed E-state index contributed by atoms with van der Waals surface area (Å²) in [7, 11) is 0. The van der Waals surface area contributed by atoms with Gasteiger partial charge in [-0.15, -0.1) is 11.3 Å². The molecule has 2 aromatic heterocycles. The van der Waals surface area contributed by atoms with Crippen LogP contribution in [0.4, 0.5) is 5.00 Å². The van der Waals surface area contributed by atoms with E-state index in [9.17, 15) is 10.1 Å². The molecule has 0 radical (unpaired) electrons. The van der Waals surface area contributed by atoms with Crippen molar-refractivity contribution in [2.75, 3.05) is 11.9 Å². The molecule has 0 saturated heterocycles. The fraction of sp³-hybridized carbons (Fsp3) is 0.250. The van der Waals surface area contributed by atoms with E-state index < -0.39 is 0 Å². The minimum Gasteiger partial charge on any atom is -0.351 e. The Bertz CT molecular complexity index is 654. The lowest BCUT2D eigenvalue weighted by molar-refractivity contribution is 0.0988. The Morgan fingerprint density at radius 2 is 2.53 bits per heavy atom. The Hall–Kier alpha value is -2.17. The SMILES string of the molecule is N#Cc1c(NC(=O)c2ccno2)sc2c1CCNC2. The van der Waals surface area contributed by atoms with Crippen LogP contribution in [0, 0.1) is 11.3 Å². The minimum atomic E-state index is -0.388. The van der Waals surface area contributed by atoms with E-state index in [2.05, 4.69) is 21.9 Å². The van der Waals surface area contributed by atoms with Crippen LogP contribution < -0.4 is 10.6 Å². The molecule has 0 spiro atoms. The molecule has 3 heterocycles. The van der Waals surface area contributed by atoms with E-state index in [-0.39, 0.29) is 11.7 Å². The summed E-state index contributed by atoms with van der Waals surface area (Å²) in [4.78, 5) is 13.0. The van der Waals surface area contributed by atoms with Gasteiger partial charge < -0.3 is 15.2 Å². The average Bonchev–Trinajstić information content (AvgIpc) is 3.05. The molecule has 1 aliphatic rings. The Morgan fingerprint density at radius 1 is 1.63 bits per heavy atom. The molecule has 6 nitrogen and oxygen atoms in total. The van der Waals surface area contributed by atoms with Crippen molar-refractivity contribution in [3.8, 4) is 6.07 Å². The van der Waals surface area contributed by atoms with Crippen molar-refractivity contribution < 1.29 is 9.32 Å². The van der Waals surface area contributed by atoms with Gasteiger partial charge in [0.1, 0.15) is 11.1 Å². The highest BCUT2D eigenvalue weighted by atomic mass is 32.1. The van der Waals surface area contributed by atoms with Gasteiger partial charge in [0.25, 0.3) is 5.91 Å². The molecule has 1 amide bonds. The summed E-state index contributed by atoms with van der Waals surface area (Å²) in [5, 5.41) is 19.3. The summed E-state index contributed by atoms with van der Waals surface area (Å²) in [6.07, 6.45) is 2.22. The Morgan fingerprint density at radius 3 is 3.26 bits per heavy atom. The topological polar surface area (TPSA) is 91.0 Å². The highest BCUT2D eigenvalue weighted by Gasteiger charge is 2.22. The number of aromatic nitrogens is 1. The second-order valence-corrected chi connectivity index (χ2v) is 5.18. The van der Waals surface area contributed by atoms with Crippen LogP contribution >= 0.6 is 11.3 Å². The second kappa shape index (κ2) is 4.84. The van der Waals surface area contributed by atoms with Crippen molar-refractivity contribution in [3.63, 3.8) is 0 Å². The van der Waals surface area contributed by atoms with E-state index in [0.29, 0.717) is 10.6 Å². The summed E-state index contributed by atoms with van der Waals surface area (Å²) >= 11 is 1.43. The average molecular weight is 274 g/mol. The lowest BCUT2D eigenvalue weighted by atomic mass is 10.1. The fourth-order valence-electron chi connectivity index (χ4n) is 2.04. The number of hydrogen-bond donors (Lipinski definition) is 2. The monoisotopic (exact) mass is 274 g/mol. The number of amides is 1. The largest absolute Gasteiger partial charge is 0.351 e.